The van der Waals surface area contributed by atoms with E-state index in [4.69, 9.17) is 9.47 Å². The van der Waals surface area contributed by atoms with Crippen LogP contribution in [0.2, 0.25) is 0 Å². The summed E-state index contributed by atoms with van der Waals surface area (Å²) in [6, 6.07) is 8.73. The fraction of sp³-hybridized carbons (Fsp3) is 0.409. The van der Waals surface area contributed by atoms with Gasteiger partial charge in [-0.15, -0.1) is 0 Å². The molecule has 0 aromatic heterocycles. The van der Waals surface area contributed by atoms with E-state index in [9.17, 15) is 4.39 Å². The maximum atomic E-state index is 14.3. The first-order valence-corrected chi connectivity index (χ1v) is 10.9. The molecule has 2 heterocycles. The topological polar surface area (TPSA) is 58.1 Å². The van der Waals surface area contributed by atoms with Gasteiger partial charge in [-0.25, -0.2) is 9.38 Å². The molecule has 0 radical (unpaired) electrons. The number of hydrogen-bond acceptors (Lipinski definition) is 6. The van der Waals surface area contributed by atoms with E-state index in [0.717, 1.165) is 37.2 Å². The lowest BCUT2D eigenvalue weighted by Crippen LogP contribution is -2.32. The number of ether oxygens (including phenoxy) is 2. The SMILES string of the molecule is COc1cc2c(cc1OCC1CCN(C)CC1)NC=NC2Nc1ccc(Br)cc1F. The van der Waals surface area contributed by atoms with Crippen molar-refractivity contribution in [3.63, 3.8) is 0 Å². The Bertz CT molecular complexity index is 932. The zero-order valence-corrected chi connectivity index (χ0v) is 18.7. The molecule has 2 aromatic carbocycles. The van der Waals surface area contributed by atoms with Crippen molar-refractivity contribution in [3.8, 4) is 11.5 Å². The minimum absolute atomic E-state index is 0.343. The number of piperidine rings is 1. The molecule has 2 aliphatic rings. The Kier molecular flexibility index (Phi) is 6.43. The Morgan fingerprint density at radius 2 is 2.03 bits per heavy atom. The highest BCUT2D eigenvalue weighted by atomic mass is 79.9. The Morgan fingerprint density at radius 3 is 2.77 bits per heavy atom. The highest BCUT2D eigenvalue weighted by Gasteiger charge is 2.23. The van der Waals surface area contributed by atoms with E-state index >= 15 is 0 Å². The van der Waals surface area contributed by atoms with Crippen LogP contribution in [-0.4, -0.2) is 45.1 Å². The van der Waals surface area contributed by atoms with Crippen LogP contribution in [-0.2, 0) is 0 Å². The number of anilines is 2. The minimum Gasteiger partial charge on any atom is -0.493 e. The number of likely N-dealkylation sites (tertiary alicyclic amines) is 1. The largest absolute Gasteiger partial charge is 0.493 e. The molecule has 1 fully saturated rings. The lowest BCUT2D eigenvalue weighted by Gasteiger charge is -2.29. The molecular weight excluding hydrogens is 451 g/mol. The Balaban J connectivity index is 1.51. The van der Waals surface area contributed by atoms with Crippen LogP contribution in [0.25, 0.3) is 0 Å². The van der Waals surface area contributed by atoms with Crippen molar-refractivity contribution in [2.45, 2.75) is 19.0 Å². The summed E-state index contributed by atoms with van der Waals surface area (Å²) in [5.41, 5.74) is 2.11. The second-order valence-electron chi connectivity index (χ2n) is 7.74. The second kappa shape index (κ2) is 9.22. The molecule has 160 valence electrons. The fourth-order valence-corrected chi connectivity index (χ4v) is 4.10. The molecule has 0 aliphatic carbocycles. The van der Waals surface area contributed by atoms with Gasteiger partial charge in [-0.2, -0.15) is 0 Å². The first-order valence-electron chi connectivity index (χ1n) is 10.1. The van der Waals surface area contributed by atoms with E-state index < -0.39 is 6.17 Å². The number of benzene rings is 2. The van der Waals surface area contributed by atoms with E-state index in [1.165, 1.54) is 6.07 Å². The highest BCUT2D eigenvalue weighted by Crippen LogP contribution is 2.39. The van der Waals surface area contributed by atoms with E-state index in [0.29, 0.717) is 34.2 Å². The first kappa shape index (κ1) is 20.9. The number of hydrogen-bond donors (Lipinski definition) is 2. The standard InChI is InChI=1S/C22H26BrFN4O2/c1-28-7-5-14(6-8-28)12-30-21-11-19-16(10-20(21)29-2)22(26-13-25-19)27-18-4-3-15(23)9-17(18)24/h3-4,9-11,13-14,22,27H,5-8,12H2,1-2H3,(H,25,26). The van der Waals surface area contributed by atoms with Crippen LogP contribution in [0.5, 0.6) is 11.5 Å². The van der Waals surface area contributed by atoms with Crippen molar-refractivity contribution in [1.29, 1.82) is 0 Å². The Morgan fingerprint density at radius 1 is 1.23 bits per heavy atom. The molecule has 8 heteroatoms. The molecule has 0 saturated carbocycles. The lowest BCUT2D eigenvalue weighted by atomic mass is 9.98. The molecule has 1 unspecified atom stereocenters. The van der Waals surface area contributed by atoms with Crippen LogP contribution < -0.4 is 20.1 Å². The second-order valence-corrected chi connectivity index (χ2v) is 8.66. The van der Waals surface area contributed by atoms with Gasteiger partial charge < -0.3 is 25.0 Å². The molecule has 0 bridgehead atoms. The molecule has 0 spiro atoms. The maximum Gasteiger partial charge on any atom is 0.163 e. The van der Waals surface area contributed by atoms with Crippen LogP contribution in [0.3, 0.4) is 0 Å². The van der Waals surface area contributed by atoms with Crippen molar-refractivity contribution in [2.24, 2.45) is 10.9 Å². The third-order valence-corrected chi connectivity index (χ3v) is 6.10. The summed E-state index contributed by atoms with van der Waals surface area (Å²) >= 11 is 3.28. The van der Waals surface area contributed by atoms with Gasteiger partial charge in [0.05, 0.1) is 31.4 Å². The molecule has 2 aromatic rings. The van der Waals surface area contributed by atoms with Crippen molar-refractivity contribution in [1.82, 2.24) is 4.90 Å². The smallest absolute Gasteiger partial charge is 0.163 e. The Labute approximate surface area is 184 Å². The molecule has 4 rings (SSSR count). The quantitative estimate of drug-likeness (QED) is 0.621. The van der Waals surface area contributed by atoms with Gasteiger partial charge in [-0.05, 0) is 63.2 Å². The zero-order chi connectivity index (χ0) is 21.1. The van der Waals surface area contributed by atoms with Gasteiger partial charge in [0, 0.05) is 16.1 Å². The van der Waals surface area contributed by atoms with Crippen LogP contribution in [0, 0.1) is 11.7 Å². The van der Waals surface area contributed by atoms with Crippen LogP contribution in [0.4, 0.5) is 15.8 Å². The van der Waals surface area contributed by atoms with Crippen LogP contribution in [0.15, 0.2) is 39.8 Å². The summed E-state index contributed by atoms with van der Waals surface area (Å²) < 4.78 is 26.7. The molecule has 1 saturated heterocycles. The van der Waals surface area contributed by atoms with Crippen molar-refractivity contribution in [3.05, 3.63) is 46.2 Å². The highest BCUT2D eigenvalue weighted by molar-refractivity contribution is 9.10. The van der Waals surface area contributed by atoms with Crippen molar-refractivity contribution < 1.29 is 13.9 Å². The molecule has 6 nitrogen and oxygen atoms in total. The predicted octanol–water partition coefficient (Wildman–Crippen LogP) is 4.88. The summed E-state index contributed by atoms with van der Waals surface area (Å²) in [4.78, 5) is 6.78. The van der Waals surface area contributed by atoms with Gasteiger partial charge in [0.1, 0.15) is 12.0 Å². The van der Waals surface area contributed by atoms with Crippen LogP contribution >= 0.6 is 15.9 Å². The summed E-state index contributed by atoms with van der Waals surface area (Å²) in [5.74, 6) is 1.55. The van der Waals surface area contributed by atoms with Gasteiger partial charge in [0.25, 0.3) is 0 Å². The molecule has 1 atom stereocenters. The first-order chi connectivity index (χ1) is 14.5. The normalized spacial score (nSPS) is 19.1. The third-order valence-electron chi connectivity index (χ3n) is 5.61. The number of methoxy groups -OCH3 is 1. The van der Waals surface area contributed by atoms with Crippen LogP contribution in [0.1, 0.15) is 24.6 Å². The van der Waals surface area contributed by atoms with Gasteiger partial charge in [-0.3, -0.25) is 0 Å². The average Bonchev–Trinajstić information content (AvgIpc) is 2.75. The van der Waals surface area contributed by atoms with E-state index in [1.807, 2.05) is 12.1 Å². The summed E-state index contributed by atoms with van der Waals surface area (Å²) in [6.07, 6.45) is 3.46. The number of nitrogens with one attached hydrogen (secondary N) is 2. The number of fused-ring (bicyclic) bond motifs is 1. The van der Waals surface area contributed by atoms with Gasteiger partial charge in [0.2, 0.25) is 0 Å². The number of aliphatic imine (C=N–C) groups is 1. The summed E-state index contributed by atoms with van der Waals surface area (Å²) in [6.45, 7) is 2.88. The maximum absolute atomic E-state index is 14.3. The minimum atomic E-state index is -0.436. The molecule has 30 heavy (non-hydrogen) atoms. The average molecular weight is 477 g/mol. The van der Waals surface area contributed by atoms with Crippen molar-refractivity contribution >= 4 is 33.6 Å². The van der Waals surface area contributed by atoms with E-state index in [2.05, 4.69) is 43.5 Å². The van der Waals surface area contributed by atoms with E-state index in [1.54, 1.807) is 25.6 Å². The fourth-order valence-electron chi connectivity index (χ4n) is 3.77. The van der Waals surface area contributed by atoms with Crippen molar-refractivity contribution in [2.75, 3.05) is 44.5 Å². The van der Waals surface area contributed by atoms with Gasteiger partial charge in [0.15, 0.2) is 11.5 Å². The lowest BCUT2D eigenvalue weighted by molar-refractivity contribution is 0.157. The Hall–Kier alpha value is -2.32. The zero-order valence-electron chi connectivity index (χ0n) is 17.1. The third kappa shape index (κ3) is 4.70. The molecule has 2 N–H and O–H groups in total. The number of halogens is 2. The summed E-state index contributed by atoms with van der Waals surface area (Å²) in [7, 11) is 3.78. The summed E-state index contributed by atoms with van der Waals surface area (Å²) in [5, 5.41) is 6.32. The monoisotopic (exact) mass is 476 g/mol. The number of nitrogens with zero attached hydrogens (tertiary/aromatic N) is 2. The molecule has 2 aliphatic heterocycles. The van der Waals surface area contributed by atoms with Gasteiger partial charge in [-0.1, -0.05) is 15.9 Å². The molecular formula is C22H26BrFN4O2. The number of rotatable bonds is 6. The van der Waals surface area contributed by atoms with E-state index in [-0.39, 0.29) is 5.82 Å². The molecule has 0 amide bonds. The predicted molar refractivity (Wildman–Crippen MR) is 121 cm³/mol. The van der Waals surface area contributed by atoms with Gasteiger partial charge >= 0.3 is 0 Å².